The molecule has 3 aliphatic rings. The molecule has 1 aromatic rings. The number of nitrogens with zero attached hydrogens (tertiary/aromatic N) is 2. The van der Waals surface area contributed by atoms with Crippen LogP contribution >= 0.6 is 11.6 Å². The zero-order chi connectivity index (χ0) is 19.7. The van der Waals surface area contributed by atoms with E-state index < -0.39 is 10.0 Å². The number of benzene rings is 1. The van der Waals surface area contributed by atoms with Gasteiger partial charge < -0.3 is 4.90 Å². The van der Waals surface area contributed by atoms with E-state index in [1.54, 1.807) is 12.1 Å². The Bertz CT molecular complexity index is 834. The van der Waals surface area contributed by atoms with Gasteiger partial charge in [-0.3, -0.25) is 4.79 Å². The Morgan fingerprint density at radius 3 is 2.39 bits per heavy atom. The first-order valence-electron chi connectivity index (χ1n) is 10.6. The first kappa shape index (κ1) is 20.2. The third-order valence-electron chi connectivity index (χ3n) is 6.63. The number of fused-ring (bicyclic) bond motifs is 1. The average molecular weight is 425 g/mol. The first-order chi connectivity index (χ1) is 13.5. The number of amides is 1. The molecule has 7 heteroatoms. The molecule has 2 heterocycles. The molecule has 1 aliphatic carbocycles. The minimum absolute atomic E-state index is 0.0571. The van der Waals surface area contributed by atoms with Gasteiger partial charge in [-0.15, -0.1) is 0 Å². The molecular weight excluding hydrogens is 396 g/mol. The Balaban J connectivity index is 1.61. The maximum atomic E-state index is 13.2. The van der Waals surface area contributed by atoms with Gasteiger partial charge in [0.05, 0.1) is 5.02 Å². The van der Waals surface area contributed by atoms with Crippen LogP contribution in [0.1, 0.15) is 68.1 Å². The number of hydrogen-bond acceptors (Lipinski definition) is 3. The number of rotatable bonds is 3. The lowest BCUT2D eigenvalue weighted by Crippen LogP contribution is -2.39. The van der Waals surface area contributed by atoms with Crippen molar-refractivity contribution in [3.05, 3.63) is 28.8 Å². The normalized spacial score (nSPS) is 26.7. The molecule has 0 radical (unpaired) electrons. The Morgan fingerprint density at radius 2 is 1.64 bits per heavy atom. The summed E-state index contributed by atoms with van der Waals surface area (Å²) in [4.78, 5) is 15.2. The highest BCUT2D eigenvalue weighted by atomic mass is 35.5. The molecule has 5 nitrogen and oxygen atoms in total. The van der Waals surface area contributed by atoms with E-state index in [1.807, 2.05) is 4.90 Å². The summed E-state index contributed by atoms with van der Waals surface area (Å²) in [6, 6.07) is 5.04. The van der Waals surface area contributed by atoms with Crippen LogP contribution < -0.4 is 0 Å². The van der Waals surface area contributed by atoms with E-state index >= 15 is 0 Å². The Hall–Kier alpha value is -1.11. The highest BCUT2D eigenvalue weighted by Gasteiger charge is 2.39. The van der Waals surface area contributed by atoms with Crippen LogP contribution in [-0.2, 0) is 10.0 Å². The molecule has 0 bridgehead atoms. The molecule has 0 spiro atoms. The van der Waals surface area contributed by atoms with Gasteiger partial charge in [-0.05, 0) is 56.2 Å². The van der Waals surface area contributed by atoms with Crippen molar-refractivity contribution in [1.29, 1.82) is 0 Å². The fraction of sp³-hybridized carbons (Fsp3) is 0.667. The molecule has 2 aliphatic heterocycles. The topological polar surface area (TPSA) is 57.7 Å². The fourth-order valence-electron chi connectivity index (χ4n) is 5.08. The number of carbonyl (C=O) groups is 1. The molecule has 0 aromatic heterocycles. The summed E-state index contributed by atoms with van der Waals surface area (Å²) < 4.78 is 27.9. The quantitative estimate of drug-likeness (QED) is 0.726. The molecule has 1 aromatic carbocycles. The van der Waals surface area contributed by atoms with Crippen molar-refractivity contribution in [3.63, 3.8) is 0 Å². The molecular formula is C21H29ClN2O3S. The van der Waals surface area contributed by atoms with E-state index in [1.165, 1.54) is 29.6 Å². The van der Waals surface area contributed by atoms with Crippen molar-refractivity contribution in [2.75, 3.05) is 19.6 Å². The van der Waals surface area contributed by atoms with Crippen molar-refractivity contribution < 1.29 is 13.2 Å². The average Bonchev–Trinajstić information content (AvgIpc) is 2.92. The molecule has 2 atom stereocenters. The van der Waals surface area contributed by atoms with Crippen LogP contribution in [-0.4, -0.2) is 49.2 Å². The largest absolute Gasteiger partial charge is 0.335 e. The molecule has 1 saturated carbocycles. The maximum absolute atomic E-state index is 13.2. The number of sulfonamides is 1. The van der Waals surface area contributed by atoms with Crippen LogP contribution in [0, 0.1) is 5.92 Å². The zero-order valence-electron chi connectivity index (χ0n) is 16.3. The van der Waals surface area contributed by atoms with Crippen LogP contribution in [0.25, 0.3) is 0 Å². The fourth-order valence-corrected chi connectivity index (χ4v) is 7.10. The van der Waals surface area contributed by atoms with Gasteiger partial charge in [-0.2, -0.15) is 4.31 Å². The highest BCUT2D eigenvalue weighted by Crippen LogP contribution is 2.37. The van der Waals surface area contributed by atoms with Gasteiger partial charge in [0.15, 0.2) is 0 Å². The van der Waals surface area contributed by atoms with Crippen LogP contribution in [0.5, 0.6) is 0 Å². The van der Waals surface area contributed by atoms with Crippen LogP contribution in [0.4, 0.5) is 0 Å². The monoisotopic (exact) mass is 424 g/mol. The second kappa shape index (κ2) is 8.33. The molecule has 1 amide bonds. The standard InChI is InChI=1S/C21H29ClN2O3S/c22-18-10-9-17(21(25)24-14-11-16-7-3-4-8-19(16)24)15-20(18)28(26,27)23-12-5-1-2-6-13-23/h9-10,15-16,19H,1-8,11-14H2. The lowest BCUT2D eigenvalue weighted by atomic mass is 9.85. The van der Waals surface area contributed by atoms with E-state index in [2.05, 4.69) is 0 Å². The van der Waals surface area contributed by atoms with Crippen molar-refractivity contribution in [1.82, 2.24) is 9.21 Å². The molecule has 0 N–H and O–H groups in total. The number of halogens is 1. The molecule has 2 saturated heterocycles. The van der Waals surface area contributed by atoms with Gasteiger partial charge in [0, 0.05) is 31.2 Å². The molecule has 154 valence electrons. The highest BCUT2D eigenvalue weighted by molar-refractivity contribution is 7.89. The minimum Gasteiger partial charge on any atom is -0.335 e. The van der Waals surface area contributed by atoms with E-state index in [9.17, 15) is 13.2 Å². The predicted octanol–water partition coefficient (Wildman–Crippen LogP) is 4.31. The van der Waals surface area contributed by atoms with E-state index in [4.69, 9.17) is 11.6 Å². The smallest absolute Gasteiger partial charge is 0.254 e. The van der Waals surface area contributed by atoms with E-state index in [0.717, 1.165) is 45.1 Å². The SMILES string of the molecule is O=C(c1ccc(Cl)c(S(=O)(=O)N2CCCCCC2)c1)N1CCC2CCCCC21. The van der Waals surface area contributed by atoms with E-state index in [-0.39, 0.29) is 15.8 Å². The Morgan fingerprint density at radius 1 is 0.929 bits per heavy atom. The summed E-state index contributed by atoms with van der Waals surface area (Å²) in [6.07, 6.45) is 9.57. The van der Waals surface area contributed by atoms with Gasteiger partial charge in [-0.1, -0.05) is 37.3 Å². The number of hydrogen-bond donors (Lipinski definition) is 0. The molecule has 2 unspecified atom stereocenters. The lowest BCUT2D eigenvalue weighted by Gasteiger charge is -2.31. The predicted molar refractivity (Wildman–Crippen MR) is 110 cm³/mol. The minimum atomic E-state index is -3.69. The van der Waals surface area contributed by atoms with Gasteiger partial charge in [-0.25, -0.2) is 8.42 Å². The van der Waals surface area contributed by atoms with Crippen molar-refractivity contribution >= 4 is 27.5 Å². The second-order valence-corrected chi connectivity index (χ2v) is 10.7. The summed E-state index contributed by atoms with van der Waals surface area (Å²) in [5, 5.41) is 0.192. The summed E-state index contributed by atoms with van der Waals surface area (Å²) in [6.45, 7) is 1.81. The summed E-state index contributed by atoms with van der Waals surface area (Å²) >= 11 is 6.29. The lowest BCUT2D eigenvalue weighted by molar-refractivity contribution is 0.0690. The van der Waals surface area contributed by atoms with Gasteiger partial charge >= 0.3 is 0 Å². The Labute approximate surface area is 173 Å². The molecule has 3 fully saturated rings. The zero-order valence-corrected chi connectivity index (χ0v) is 17.8. The summed E-state index contributed by atoms with van der Waals surface area (Å²) in [5.41, 5.74) is 0.434. The Kier molecular flexibility index (Phi) is 6.00. The first-order valence-corrected chi connectivity index (χ1v) is 12.4. The van der Waals surface area contributed by atoms with Crippen molar-refractivity contribution in [3.8, 4) is 0 Å². The van der Waals surface area contributed by atoms with Gasteiger partial charge in [0.1, 0.15) is 4.90 Å². The van der Waals surface area contributed by atoms with Crippen molar-refractivity contribution in [2.24, 2.45) is 5.92 Å². The number of likely N-dealkylation sites (tertiary alicyclic amines) is 1. The third-order valence-corrected chi connectivity index (χ3v) is 9.01. The van der Waals surface area contributed by atoms with Crippen LogP contribution in [0.15, 0.2) is 23.1 Å². The summed E-state index contributed by atoms with van der Waals surface area (Å²) in [5.74, 6) is 0.545. The van der Waals surface area contributed by atoms with Gasteiger partial charge in [0.2, 0.25) is 10.0 Å². The van der Waals surface area contributed by atoms with Crippen molar-refractivity contribution in [2.45, 2.75) is 68.7 Å². The maximum Gasteiger partial charge on any atom is 0.254 e. The van der Waals surface area contributed by atoms with Crippen LogP contribution in [0.3, 0.4) is 0 Å². The summed E-state index contributed by atoms with van der Waals surface area (Å²) in [7, 11) is -3.69. The third kappa shape index (κ3) is 3.83. The van der Waals surface area contributed by atoms with Crippen LogP contribution in [0.2, 0.25) is 5.02 Å². The molecule has 28 heavy (non-hydrogen) atoms. The van der Waals surface area contributed by atoms with E-state index in [0.29, 0.717) is 30.6 Å². The van der Waals surface area contributed by atoms with Gasteiger partial charge in [0.25, 0.3) is 5.91 Å². The molecule has 4 rings (SSSR count). The number of carbonyl (C=O) groups excluding carboxylic acids is 1. The second-order valence-electron chi connectivity index (χ2n) is 8.36.